The summed E-state index contributed by atoms with van der Waals surface area (Å²) in [5.41, 5.74) is -1.02. The fraction of sp³-hybridized carbons (Fsp3) is 0.522. The molecule has 23 heteroatoms. The first-order valence-electron chi connectivity index (χ1n) is 22.4. The van der Waals surface area contributed by atoms with Crippen LogP contribution in [0.1, 0.15) is 92.9 Å². The zero-order valence-corrected chi connectivity index (χ0v) is 41.5. The first-order chi connectivity index (χ1) is 32.4. The van der Waals surface area contributed by atoms with Crippen LogP contribution in [0.25, 0.3) is 0 Å². The number of nitrogens with zero attached hydrogens (tertiary/aromatic N) is 6. The molecule has 2 amide bonds. The van der Waals surface area contributed by atoms with Gasteiger partial charge in [-0.05, 0) is 104 Å². The van der Waals surface area contributed by atoms with Gasteiger partial charge in [0, 0.05) is 57.9 Å². The van der Waals surface area contributed by atoms with Gasteiger partial charge in [-0.2, -0.15) is 0 Å². The van der Waals surface area contributed by atoms with Crippen LogP contribution < -0.4 is 14.2 Å². The number of phenolic OH excluding ortho intramolecular Hbond substituents is 1. The lowest BCUT2D eigenvalue weighted by Gasteiger charge is -2.33. The molecule has 1 N–H and O–H groups in total. The van der Waals surface area contributed by atoms with Gasteiger partial charge in [0.25, 0.3) is 0 Å². The summed E-state index contributed by atoms with van der Waals surface area (Å²) in [5, 5.41) is 8.47. The second-order valence-corrected chi connectivity index (χ2v) is 23.6. The molecule has 4 aliphatic rings. The third kappa shape index (κ3) is 15.7. The van der Waals surface area contributed by atoms with Gasteiger partial charge in [-0.1, -0.05) is 11.6 Å². The van der Waals surface area contributed by atoms with Crippen LogP contribution in [0.2, 0.25) is 5.15 Å². The minimum atomic E-state index is -3.49. The summed E-state index contributed by atoms with van der Waals surface area (Å²) in [7, 11) is -6.85. The first kappa shape index (κ1) is 52.8. The number of ether oxygens (including phenoxy) is 5. The van der Waals surface area contributed by atoms with Crippen LogP contribution in [-0.2, 0) is 29.1 Å². The van der Waals surface area contributed by atoms with Crippen LogP contribution in [0.4, 0.5) is 18.4 Å². The van der Waals surface area contributed by atoms with Crippen molar-refractivity contribution in [3.63, 3.8) is 0 Å². The van der Waals surface area contributed by atoms with E-state index in [4.69, 9.17) is 40.4 Å². The number of phenols is 1. The Morgan fingerprint density at radius 1 is 0.609 bits per heavy atom. The molecule has 2 aromatic carbocycles. The zero-order chi connectivity index (χ0) is 50.3. The third-order valence-electron chi connectivity index (χ3n) is 10.6. The van der Waals surface area contributed by atoms with Crippen molar-refractivity contribution >= 4 is 43.5 Å². The summed E-state index contributed by atoms with van der Waals surface area (Å²) in [4.78, 5) is 43.3. The average molecular weight is 1020 g/mol. The predicted molar refractivity (Wildman–Crippen MR) is 247 cm³/mol. The number of hydrogen-bond donors (Lipinski definition) is 1. The third-order valence-corrected chi connectivity index (χ3v) is 15.3. The van der Waals surface area contributed by atoms with Crippen molar-refractivity contribution in [1.82, 2.24) is 29.7 Å². The zero-order valence-electron chi connectivity index (χ0n) is 39.1. The Hall–Kier alpha value is -5.61. The predicted octanol–water partition coefficient (Wildman–Crippen LogP) is 8.50. The Balaban J connectivity index is 0.000000189. The number of sulfone groups is 2. The molecule has 376 valence electrons. The molecular weight excluding hydrogens is 966 g/mol. The largest absolute Gasteiger partial charge is 0.505 e. The maximum absolute atomic E-state index is 14.5. The fourth-order valence-electron chi connectivity index (χ4n) is 6.79. The molecular formula is C46H57ClF2N6O12S2. The molecule has 2 saturated heterocycles. The van der Waals surface area contributed by atoms with Crippen LogP contribution in [0, 0.1) is 11.6 Å². The van der Waals surface area contributed by atoms with E-state index in [1.165, 1.54) is 36.9 Å². The molecule has 2 saturated carbocycles. The second-order valence-electron chi connectivity index (χ2n) is 18.7. The van der Waals surface area contributed by atoms with Crippen LogP contribution >= 0.6 is 11.6 Å². The van der Waals surface area contributed by atoms with Crippen LogP contribution in [-0.4, -0.2) is 124 Å². The van der Waals surface area contributed by atoms with Gasteiger partial charge >= 0.3 is 12.2 Å². The quantitative estimate of drug-likeness (QED) is 0.147. The highest BCUT2D eigenvalue weighted by Crippen LogP contribution is 2.36. The van der Waals surface area contributed by atoms with Crippen LogP contribution in [0.5, 0.6) is 29.1 Å². The highest BCUT2D eigenvalue weighted by atomic mass is 35.5. The summed E-state index contributed by atoms with van der Waals surface area (Å²) < 4.78 is 103. The normalized spacial score (nSPS) is 17.1. The van der Waals surface area contributed by atoms with Gasteiger partial charge in [0.15, 0.2) is 42.8 Å². The van der Waals surface area contributed by atoms with Crippen molar-refractivity contribution in [3.05, 3.63) is 78.0 Å². The Morgan fingerprint density at radius 3 is 1.45 bits per heavy atom. The fourth-order valence-corrected chi connectivity index (χ4v) is 10.3. The van der Waals surface area contributed by atoms with Crippen molar-refractivity contribution in [2.45, 2.75) is 137 Å². The number of hydrogen-bond acceptors (Lipinski definition) is 16. The average Bonchev–Trinajstić information content (AvgIpc) is 4.19. The molecule has 0 spiro atoms. The molecule has 0 bridgehead atoms. The first-order valence-corrected chi connectivity index (χ1v) is 25.9. The molecule has 4 heterocycles. The van der Waals surface area contributed by atoms with E-state index in [9.17, 15) is 35.2 Å². The number of benzene rings is 2. The van der Waals surface area contributed by atoms with E-state index >= 15 is 0 Å². The van der Waals surface area contributed by atoms with Gasteiger partial charge in [0.05, 0.1) is 26.4 Å². The van der Waals surface area contributed by atoms with Crippen molar-refractivity contribution in [2.75, 3.05) is 26.2 Å². The highest BCUT2D eigenvalue weighted by molar-refractivity contribution is 7.92. The molecule has 8 rings (SSSR count). The Morgan fingerprint density at radius 2 is 1.03 bits per heavy atom. The molecule has 2 aromatic heterocycles. The minimum Gasteiger partial charge on any atom is -0.505 e. The Kier molecular flexibility index (Phi) is 16.8. The van der Waals surface area contributed by atoms with Gasteiger partial charge in [0.1, 0.15) is 41.2 Å². The Labute approximate surface area is 405 Å². The molecule has 18 nitrogen and oxygen atoms in total. The number of carbonyl (C=O) groups excluding carboxylic acids is 2. The van der Waals surface area contributed by atoms with Crippen molar-refractivity contribution in [3.8, 4) is 29.1 Å². The monoisotopic (exact) mass is 1020 g/mol. The number of halogens is 3. The lowest BCUT2D eigenvalue weighted by atomic mass is 10.1. The standard InChI is InChI=1S/C23H28FN3O6S.C14H20ClN3O3.C9H9FO3S/c1-23(2,3)33-22(28)27-10-8-15(9-11-27)31-20-13-21(26-14-25-20)32-19-7-6-17(12-18(19)24)34(29,30)16-4-5-16;1-14(2,3)21-13(19)18-6-4-10(5-7-18)20-12-8-11(15)16-9-17-12;10-8-5-7(3-4-9(8)11)14(12,13)6-1-2-6/h6-7,12-16H,4-5,8-11H2,1-3H3;8-10H,4-7H2,1-3H3;3-6,11H,1-2H2. The molecule has 0 unspecified atom stereocenters. The summed E-state index contributed by atoms with van der Waals surface area (Å²) in [6.07, 6.45) is 7.02. The van der Waals surface area contributed by atoms with Crippen LogP contribution in [0.3, 0.4) is 0 Å². The summed E-state index contributed by atoms with van der Waals surface area (Å²) in [5.74, 6) is -1.58. The van der Waals surface area contributed by atoms with E-state index in [1.807, 2.05) is 41.5 Å². The lowest BCUT2D eigenvalue weighted by Crippen LogP contribution is -2.44. The van der Waals surface area contributed by atoms with Crippen LogP contribution in [0.15, 0.2) is 71.0 Å². The number of rotatable bonds is 10. The van der Waals surface area contributed by atoms with E-state index in [0.29, 0.717) is 75.7 Å². The lowest BCUT2D eigenvalue weighted by molar-refractivity contribution is 0.0111. The number of aromatic nitrogens is 4. The number of carbonyl (C=O) groups is 2. The Bertz CT molecular complexity index is 2670. The SMILES string of the molecule is CC(C)(C)OC(=O)N1CCC(Oc2cc(Cl)ncn2)CC1.CC(C)(C)OC(=O)N1CCC(Oc2cc(Oc3ccc(S(=O)(=O)C4CC4)cc3F)ncn2)CC1.O=S(=O)(c1ccc(O)c(F)c1)C1CC1. The molecule has 4 aromatic rings. The van der Waals surface area contributed by atoms with Gasteiger partial charge in [-0.15, -0.1) is 0 Å². The molecule has 0 atom stereocenters. The molecule has 2 aliphatic heterocycles. The van der Waals surface area contributed by atoms with E-state index in [1.54, 1.807) is 15.9 Å². The van der Waals surface area contributed by atoms with Gasteiger partial charge < -0.3 is 38.6 Å². The number of aromatic hydroxyl groups is 1. The second kappa shape index (κ2) is 22.0. The minimum absolute atomic E-state index is 0.0228. The smallest absolute Gasteiger partial charge is 0.410 e. The maximum atomic E-state index is 14.5. The maximum Gasteiger partial charge on any atom is 0.410 e. The van der Waals surface area contributed by atoms with E-state index < -0.39 is 53.5 Å². The summed E-state index contributed by atoms with van der Waals surface area (Å²) in [6, 6.07) is 9.76. The molecule has 69 heavy (non-hydrogen) atoms. The van der Waals surface area contributed by atoms with Gasteiger partial charge in [0.2, 0.25) is 17.6 Å². The summed E-state index contributed by atoms with van der Waals surface area (Å²) in [6.45, 7) is 13.3. The molecule has 2 aliphatic carbocycles. The molecule has 0 radical (unpaired) electrons. The van der Waals surface area contributed by atoms with Gasteiger partial charge in [-0.3, -0.25) is 0 Å². The van der Waals surface area contributed by atoms with E-state index in [-0.39, 0.29) is 56.9 Å². The highest BCUT2D eigenvalue weighted by Gasteiger charge is 2.38. The topological polar surface area (TPSA) is 227 Å². The van der Waals surface area contributed by atoms with Gasteiger partial charge in [-0.25, -0.2) is 55.1 Å². The number of likely N-dealkylation sites (tertiary alicyclic amines) is 2. The van der Waals surface area contributed by atoms with E-state index in [0.717, 1.165) is 31.0 Å². The number of amides is 2. The molecule has 4 fully saturated rings. The summed E-state index contributed by atoms with van der Waals surface area (Å²) >= 11 is 5.79. The van der Waals surface area contributed by atoms with Crippen molar-refractivity contribution < 1.29 is 64.0 Å². The van der Waals surface area contributed by atoms with E-state index in [2.05, 4.69) is 19.9 Å². The number of piperidine rings is 2. The van der Waals surface area contributed by atoms with Crippen molar-refractivity contribution in [2.24, 2.45) is 0 Å². The van der Waals surface area contributed by atoms with Crippen molar-refractivity contribution in [1.29, 1.82) is 0 Å².